The topological polar surface area (TPSA) is 82.1 Å². The van der Waals surface area contributed by atoms with E-state index >= 15 is 0 Å². The van der Waals surface area contributed by atoms with Crippen molar-refractivity contribution in [2.45, 2.75) is 90.1 Å². The Morgan fingerprint density at radius 2 is 1.84 bits per heavy atom. The number of Topliss-reactive ketones (excluding diaryl/α,β-unsaturated/α-hetero) is 2. The molecule has 7 fully saturated rings. The summed E-state index contributed by atoms with van der Waals surface area (Å²) in [6.07, 6.45) is 7.88. The molecule has 0 amide bonds. The van der Waals surface area contributed by atoms with Crippen molar-refractivity contribution in [3.05, 3.63) is 11.8 Å². The molecule has 1 unspecified atom stereocenters. The molecule has 8 rings (SSSR count). The van der Waals surface area contributed by atoms with Gasteiger partial charge in [0.25, 0.3) is 0 Å². The number of ketones is 2. The maximum absolute atomic E-state index is 14.5. The zero-order valence-corrected chi connectivity index (χ0v) is 22.5. The van der Waals surface area contributed by atoms with Crippen LogP contribution in [-0.4, -0.2) is 59.6 Å². The Morgan fingerprint density at radius 3 is 2.59 bits per heavy atom. The average molecular weight is 510 g/mol. The molecule has 8 aliphatic rings. The third-order valence-corrected chi connectivity index (χ3v) is 12.7. The van der Waals surface area contributed by atoms with Crippen LogP contribution < -0.4 is 0 Å². The highest BCUT2D eigenvalue weighted by atomic mass is 16.5. The van der Waals surface area contributed by atoms with Gasteiger partial charge in [0.2, 0.25) is 0 Å². The molecule has 7 nitrogen and oxygen atoms in total. The first-order chi connectivity index (χ1) is 17.5. The number of nitrogens with zero attached hydrogens (tertiary/aromatic N) is 1. The van der Waals surface area contributed by atoms with Gasteiger partial charge in [0.1, 0.15) is 17.3 Å². The summed E-state index contributed by atoms with van der Waals surface area (Å²) in [6, 6.07) is 0. The smallest absolute Gasteiger partial charge is 0.306 e. The molecule has 2 saturated carbocycles. The van der Waals surface area contributed by atoms with Crippen molar-refractivity contribution in [2.75, 3.05) is 19.8 Å². The van der Waals surface area contributed by atoms with Crippen LogP contribution in [-0.2, 0) is 28.6 Å². The summed E-state index contributed by atoms with van der Waals surface area (Å²) < 4.78 is 19.2. The van der Waals surface area contributed by atoms with Crippen LogP contribution in [0.25, 0.3) is 0 Å². The molecule has 7 heteroatoms. The standard InChI is InChI=1S/C30H39NO6/c1-16-7-18-13-31-21-11-28-14-36-26(3)9-19(28)23(20(32)10-26)17(2)24(34)25(28)29(12-22(33)35-15-29)27(21,4)5-6-30(31,8-16)37-18/h11,16-19,23,25H,5-10,12-15H2,1-4H3/t16-,17+,18+,19+,23+,25+,26-,27+,28+,29+,30?/m0/s1. The summed E-state index contributed by atoms with van der Waals surface area (Å²) in [6.45, 7) is 10.2. The molecule has 0 aromatic heterocycles. The second-order valence-electron chi connectivity index (χ2n) is 14.7. The summed E-state index contributed by atoms with van der Waals surface area (Å²) in [5, 5.41) is 0. The molecule has 3 spiro atoms. The van der Waals surface area contributed by atoms with Gasteiger partial charge in [0.05, 0.1) is 31.3 Å². The molecule has 37 heavy (non-hydrogen) atoms. The Hall–Kier alpha value is -1.73. The molecule has 0 radical (unpaired) electrons. The van der Waals surface area contributed by atoms with Crippen LogP contribution in [0.5, 0.6) is 0 Å². The Balaban J connectivity index is 1.38. The second-order valence-corrected chi connectivity index (χ2v) is 14.7. The summed E-state index contributed by atoms with van der Waals surface area (Å²) in [7, 11) is 0. The lowest BCUT2D eigenvalue weighted by Crippen LogP contribution is -2.73. The SMILES string of the molecule is C[C@H]1C[C@@H]2CN3C4=C[C@@]56CO[C@]7(C)CC(=O)[C@@H]([C@H]5C7)[C@@H](C)C(=O)[C@H]6[C@@]5(COC(=O)C5)[C@]4(C)CCC3(C1)O2. The van der Waals surface area contributed by atoms with Crippen LogP contribution in [0.15, 0.2) is 11.8 Å². The number of carbonyl (C=O) groups is 3. The molecule has 5 aliphatic heterocycles. The van der Waals surface area contributed by atoms with E-state index < -0.39 is 16.4 Å². The van der Waals surface area contributed by atoms with E-state index in [1.54, 1.807) is 0 Å². The average Bonchev–Trinajstić information content (AvgIpc) is 3.34. The highest BCUT2D eigenvalue weighted by molar-refractivity contribution is 5.96. The van der Waals surface area contributed by atoms with Gasteiger partial charge in [0, 0.05) is 52.7 Å². The van der Waals surface area contributed by atoms with Gasteiger partial charge in [-0.1, -0.05) is 26.8 Å². The van der Waals surface area contributed by atoms with Crippen LogP contribution in [0, 0.1) is 45.8 Å². The number of carbonyl (C=O) groups excluding carboxylic acids is 3. The van der Waals surface area contributed by atoms with E-state index in [0.29, 0.717) is 18.9 Å². The molecule has 11 atom stereocenters. The third kappa shape index (κ3) is 2.51. The summed E-state index contributed by atoms with van der Waals surface area (Å²) in [4.78, 5) is 43.6. The molecular weight excluding hydrogens is 470 g/mol. The fraction of sp³-hybridized carbons (Fsp3) is 0.833. The van der Waals surface area contributed by atoms with Gasteiger partial charge >= 0.3 is 5.97 Å². The van der Waals surface area contributed by atoms with Gasteiger partial charge in [-0.2, -0.15) is 0 Å². The summed E-state index contributed by atoms with van der Waals surface area (Å²) >= 11 is 0. The van der Waals surface area contributed by atoms with Gasteiger partial charge in [-0.25, -0.2) is 0 Å². The molecule has 4 bridgehead atoms. The van der Waals surface area contributed by atoms with E-state index in [1.165, 1.54) is 5.70 Å². The van der Waals surface area contributed by atoms with Crippen LogP contribution in [0.2, 0.25) is 0 Å². The molecule has 5 saturated heterocycles. The Kier molecular flexibility index (Phi) is 4.20. The summed E-state index contributed by atoms with van der Waals surface area (Å²) in [5.41, 5.74) is -1.17. The lowest BCUT2D eigenvalue weighted by Gasteiger charge is -2.70. The Labute approximate surface area is 218 Å². The normalized spacial score (nSPS) is 57.5. The van der Waals surface area contributed by atoms with Crippen molar-refractivity contribution < 1.29 is 28.6 Å². The lowest BCUT2D eigenvalue weighted by atomic mass is 9.36. The number of hydrogen-bond acceptors (Lipinski definition) is 7. The first kappa shape index (κ1) is 23.2. The number of esters is 1. The molecule has 200 valence electrons. The van der Waals surface area contributed by atoms with E-state index in [0.717, 1.165) is 38.6 Å². The number of piperidine rings is 1. The van der Waals surface area contributed by atoms with Gasteiger partial charge in [-0.15, -0.1) is 0 Å². The molecular formula is C30H39NO6. The Bertz CT molecular complexity index is 1180. The minimum Gasteiger partial charge on any atom is -0.465 e. The van der Waals surface area contributed by atoms with Crippen molar-refractivity contribution >= 4 is 17.5 Å². The van der Waals surface area contributed by atoms with Crippen molar-refractivity contribution in [2.24, 2.45) is 45.8 Å². The monoisotopic (exact) mass is 509 g/mol. The maximum atomic E-state index is 14.5. The van der Waals surface area contributed by atoms with E-state index in [9.17, 15) is 14.4 Å². The first-order valence-electron chi connectivity index (χ1n) is 14.5. The maximum Gasteiger partial charge on any atom is 0.306 e. The zero-order valence-electron chi connectivity index (χ0n) is 22.5. The predicted molar refractivity (Wildman–Crippen MR) is 132 cm³/mol. The first-order valence-corrected chi connectivity index (χ1v) is 14.5. The number of ether oxygens (including phenoxy) is 3. The molecule has 3 aliphatic carbocycles. The molecule has 0 aromatic carbocycles. The third-order valence-electron chi connectivity index (χ3n) is 12.7. The van der Waals surface area contributed by atoms with Crippen LogP contribution in [0.1, 0.15) is 72.6 Å². The van der Waals surface area contributed by atoms with E-state index in [1.807, 2.05) is 6.92 Å². The van der Waals surface area contributed by atoms with E-state index in [2.05, 4.69) is 31.7 Å². The van der Waals surface area contributed by atoms with E-state index in [-0.39, 0.29) is 71.5 Å². The minimum atomic E-state index is -0.633. The largest absolute Gasteiger partial charge is 0.465 e. The predicted octanol–water partition coefficient (Wildman–Crippen LogP) is 3.65. The van der Waals surface area contributed by atoms with Crippen molar-refractivity contribution in [3.8, 4) is 0 Å². The van der Waals surface area contributed by atoms with Crippen molar-refractivity contribution in [3.63, 3.8) is 0 Å². The Morgan fingerprint density at radius 1 is 1.03 bits per heavy atom. The van der Waals surface area contributed by atoms with Gasteiger partial charge in [-0.3, -0.25) is 14.4 Å². The van der Waals surface area contributed by atoms with Crippen molar-refractivity contribution in [1.82, 2.24) is 4.90 Å². The number of allylic oxidation sites excluding steroid dienone is 1. The number of rotatable bonds is 0. The fourth-order valence-electron chi connectivity index (χ4n) is 11.1. The van der Waals surface area contributed by atoms with Crippen LogP contribution >= 0.6 is 0 Å². The highest BCUT2D eigenvalue weighted by Crippen LogP contribution is 2.74. The highest BCUT2D eigenvalue weighted by Gasteiger charge is 2.77. The zero-order chi connectivity index (χ0) is 25.8. The van der Waals surface area contributed by atoms with Gasteiger partial charge < -0.3 is 19.1 Å². The van der Waals surface area contributed by atoms with Gasteiger partial charge in [-0.05, 0) is 50.9 Å². The number of fused-ring (bicyclic) bond motifs is 6. The lowest BCUT2D eigenvalue weighted by molar-refractivity contribution is -0.244. The second kappa shape index (κ2) is 6.70. The van der Waals surface area contributed by atoms with Gasteiger partial charge in [0.15, 0.2) is 0 Å². The minimum absolute atomic E-state index is 0.0366. The quantitative estimate of drug-likeness (QED) is 0.461. The molecule has 5 heterocycles. The molecule has 0 N–H and O–H groups in total. The number of cyclic esters (lactones) is 1. The van der Waals surface area contributed by atoms with Crippen molar-refractivity contribution in [1.29, 1.82) is 0 Å². The summed E-state index contributed by atoms with van der Waals surface area (Å²) in [5.74, 6) is -0.248. The fourth-order valence-corrected chi connectivity index (χ4v) is 11.1. The van der Waals surface area contributed by atoms with Crippen LogP contribution in [0.3, 0.4) is 0 Å². The van der Waals surface area contributed by atoms with Crippen LogP contribution in [0.4, 0.5) is 0 Å². The molecule has 0 aromatic rings. The number of hydrogen-bond donors (Lipinski definition) is 0. The van der Waals surface area contributed by atoms with E-state index in [4.69, 9.17) is 14.2 Å².